The zero-order valence-electron chi connectivity index (χ0n) is 44.2. The van der Waals surface area contributed by atoms with Crippen LogP contribution in [-0.2, 0) is 77.5 Å². The van der Waals surface area contributed by atoms with Gasteiger partial charge in [-0.05, 0) is 129 Å². The van der Waals surface area contributed by atoms with Crippen molar-refractivity contribution in [1.82, 2.24) is 26.2 Å². The van der Waals surface area contributed by atoms with Crippen molar-refractivity contribution in [3.8, 4) is 0 Å². The number of allylic oxidation sites excluding steroid dienone is 2. The number of alkyl carbamates (subject to hydrolysis) is 1. The number of carbonyl (C=O) groups is 7. The summed E-state index contributed by atoms with van der Waals surface area (Å²) in [5, 5.41) is 14.1. The van der Waals surface area contributed by atoms with Crippen LogP contribution in [0, 0.1) is 36.7 Å². The average molecular weight is 1090 g/mol. The van der Waals surface area contributed by atoms with E-state index in [4.69, 9.17) is 31.5 Å². The first-order chi connectivity index (χ1) is 31.9. The number of hydrogen-bond donors (Lipinski definition) is 8. The second kappa shape index (κ2) is 41.0. The molecule has 0 aromatic heterocycles. The zero-order valence-corrected chi connectivity index (χ0v) is 49.0. The zero-order chi connectivity index (χ0) is 51.9. The van der Waals surface area contributed by atoms with Crippen molar-refractivity contribution in [2.75, 3.05) is 52.3 Å². The van der Waals surface area contributed by atoms with E-state index in [1.165, 1.54) is 0 Å². The van der Waals surface area contributed by atoms with E-state index in [2.05, 4.69) is 68.8 Å². The van der Waals surface area contributed by atoms with E-state index in [9.17, 15) is 28.8 Å². The molecule has 2 aliphatic carbocycles. The molecule has 2 aliphatic rings. The van der Waals surface area contributed by atoms with Gasteiger partial charge in [0.15, 0.2) is 0 Å². The van der Waals surface area contributed by atoms with Crippen LogP contribution in [0.2, 0.25) is 0 Å². The summed E-state index contributed by atoms with van der Waals surface area (Å²) in [5.74, 6) is 1.31. The Labute approximate surface area is 470 Å². The second-order valence-electron chi connectivity index (χ2n) is 18.5. The summed E-state index contributed by atoms with van der Waals surface area (Å²) in [6, 6.07) is 6.46. The molecular formula is C48H85N11NaO10Y-3. The molecule has 1 radical (unpaired) electrons. The van der Waals surface area contributed by atoms with Gasteiger partial charge in [0.05, 0.1) is 30.3 Å². The third-order valence-electron chi connectivity index (χ3n) is 11.1. The fourth-order valence-electron chi connectivity index (χ4n) is 6.86. The molecule has 71 heavy (non-hydrogen) atoms. The Kier molecular flexibility index (Phi) is 42.8. The average Bonchev–Trinajstić information content (AvgIpc) is 3.91. The summed E-state index contributed by atoms with van der Waals surface area (Å²) in [7, 11) is 3.84. The summed E-state index contributed by atoms with van der Waals surface area (Å²) < 4.78 is 15.8. The maximum atomic E-state index is 12.2. The fourth-order valence-corrected chi connectivity index (χ4v) is 6.86. The van der Waals surface area contributed by atoms with Crippen LogP contribution in [0.5, 0.6) is 0 Å². The predicted molar refractivity (Wildman–Crippen MR) is 268 cm³/mol. The molecular weight excluding hydrogens is 1000 g/mol. The molecule has 0 aliphatic heterocycles. The van der Waals surface area contributed by atoms with E-state index in [0.717, 1.165) is 69.4 Å². The van der Waals surface area contributed by atoms with Gasteiger partial charge in [0.2, 0.25) is 24.6 Å². The molecule has 1 fully saturated rings. The Morgan fingerprint density at radius 3 is 2.15 bits per heavy atom. The van der Waals surface area contributed by atoms with Crippen molar-refractivity contribution in [3.05, 3.63) is 60.4 Å². The van der Waals surface area contributed by atoms with Gasteiger partial charge in [0.1, 0.15) is 12.6 Å². The molecule has 21 nitrogen and oxygen atoms in total. The molecule has 1 aromatic rings. The number of nitrogens with one attached hydrogen (secondary N) is 6. The molecule has 14 N–H and O–H groups in total. The molecule has 1 aromatic carbocycles. The number of fused-ring (bicyclic) bond motifs is 1. The third kappa shape index (κ3) is 37.1. The number of benzene rings is 1. The smallest absolute Gasteiger partial charge is 0.693 e. The molecule has 5 atom stereocenters. The molecule has 5 unspecified atom stereocenters. The Morgan fingerprint density at radius 2 is 1.62 bits per heavy atom. The normalized spacial score (nSPS) is 16.3. The Balaban J connectivity index is -0.000000467. The summed E-state index contributed by atoms with van der Waals surface area (Å²) in [6.07, 6.45) is 9.34. The molecule has 0 spiro atoms. The van der Waals surface area contributed by atoms with Gasteiger partial charge < -0.3 is 92.6 Å². The summed E-state index contributed by atoms with van der Waals surface area (Å²) in [5.41, 5.74) is 22.8. The first-order valence-corrected chi connectivity index (χ1v) is 23.2. The monoisotopic (exact) mass is 1090 g/mol. The van der Waals surface area contributed by atoms with Crippen molar-refractivity contribution in [1.29, 1.82) is 0 Å². The number of rotatable bonds is 25. The quantitative estimate of drug-likeness (QED) is 0.0302. The van der Waals surface area contributed by atoms with E-state index in [0.29, 0.717) is 55.2 Å². The van der Waals surface area contributed by atoms with Crippen LogP contribution in [0.25, 0.3) is 11.9 Å². The van der Waals surface area contributed by atoms with Crippen LogP contribution in [0.4, 0.5) is 15.3 Å². The van der Waals surface area contributed by atoms with Crippen molar-refractivity contribution in [2.24, 2.45) is 40.9 Å². The van der Waals surface area contributed by atoms with Crippen molar-refractivity contribution in [2.45, 2.75) is 136 Å². The first kappa shape index (κ1) is 74.1. The molecule has 23 heteroatoms. The van der Waals surface area contributed by atoms with Crippen LogP contribution in [-0.4, -0.2) is 118 Å². The number of anilines is 1. The Morgan fingerprint density at radius 1 is 1.01 bits per heavy atom. The van der Waals surface area contributed by atoms with Crippen LogP contribution in [0.3, 0.4) is 0 Å². The number of nitrogens with zero attached hydrogens (tertiary/aromatic N) is 1. The van der Waals surface area contributed by atoms with E-state index in [-0.39, 0.29) is 112 Å². The molecule has 0 heterocycles. The maximum absolute atomic E-state index is 12.2. The maximum Gasteiger partial charge on any atom is 1.00 e. The van der Waals surface area contributed by atoms with E-state index in [1.807, 2.05) is 34.9 Å². The number of ether oxygens (including phenoxy) is 3. The van der Waals surface area contributed by atoms with Gasteiger partial charge >= 0.3 is 41.7 Å². The summed E-state index contributed by atoms with van der Waals surface area (Å²) >= 11 is 0. The number of hydrogen-bond acceptors (Lipinski definition) is 13. The largest absolute Gasteiger partial charge is 1.00 e. The number of nitrogens with two attached hydrogens (primary N) is 4. The minimum absolute atomic E-state index is 0. The molecule has 3 rings (SSSR count). The van der Waals surface area contributed by atoms with Gasteiger partial charge in [0.25, 0.3) is 0 Å². The molecule has 399 valence electrons. The van der Waals surface area contributed by atoms with E-state index in [1.54, 1.807) is 38.1 Å². The van der Waals surface area contributed by atoms with Crippen LogP contribution in [0.15, 0.2) is 30.0 Å². The van der Waals surface area contributed by atoms with E-state index >= 15 is 0 Å². The van der Waals surface area contributed by atoms with Gasteiger partial charge in [-0.3, -0.25) is 19.2 Å². The summed E-state index contributed by atoms with van der Waals surface area (Å²) in [6.45, 7) is 20.5. The minimum Gasteiger partial charge on any atom is -0.693 e. The van der Waals surface area contributed by atoms with Crippen LogP contribution in [0.1, 0.15) is 112 Å². The van der Waals surface area contributed by atoms with Crippen LogP contribution < -0.4 is 73.3 Å². The summed E-state index contributed by atoms with van der Waals surface area (Å²) in [4.78, 5) is 78.7. The number of amides is 7. The van der Waals surface area contributed by atoms with E-state index < -0.39 is 35.3 Å². The van der Waals surface area contributed by atoms with Gasteiger partial charge in [-0.1, -0.05) is 32.4 Å². The Bertz CT molecular complexity index is 1710. The first-order valence-electron chi connectivity index (χ1n) is 23.2. The van der Waals surface area contributed by atoms with Gasteiger partial charge in [-0.15, -0.1) is 0 Å². The minimum atomic E-state index is -0.841. The fraction of sp³-hybridized carbons (Fsp3) is 0.667. The molecule has 0 saturated heterocycles. The molecule has 0 bridgehead atoms. The van der Waals surface area contributed by atoms with Gasteiger partial charge in [-0.2, -0.15) is 18.5 Å². The number of primary amides is 2. The third-order valence-corrected chi connectivity index (χ3v) is 11.1. The SMILES string of the molecule is CC(C)(COC(C)(C)CC([NH-])=O)NC(=O)OCC1C2CC[C-]=C(N)CCC21.CNCCCC(NC=O)C(=O)Nc1ccc(COC(N)=O)cc1.NC=O.[CH2-]CCN(C)CCC(=O)NC(C)C(C)C.[NH2-].[Na+].[Y]. The van der Waals surface area contributed by atoms with Crippen molar-refractivity contribution >= 4 is 48.4 Å². The van der Waals surface area contributed by atoms with Crippen molar-refractivity contribution in [3.63, 3.8) is 0 Å². The predicted octanol–water partition coefficient (Wildman–Crippen LogP) is 2.19. The Hall–Kier alpha value is -3.41. The topological polar surface area (TPSA) is 346 Å². The van der Waals surface area contributed by atoms with Crippen LogP contribution >= 0.6 is 0 Å². The number of carbonyl (C=O) groups excluding carboxylic acids is 7. The van der Waals surface area contributed by atoms with Gasteiger partial charge in [0, 0.05) is 63.8 Å². The molecule has 7 amide bonds. The molecule has 1 saturated carbocycles. The van der Waals surface area contributed by atoms with Crippen molar-refractivity contribution < 1.29 is 110 Å². The second-order valence-corrected chi connectivity index (χ2v) is 18.5. The van der Waals surface area contributed by atoms with Gasteiger partial charge in [-0.25, -0.2) is 9.59 Å². The standard InChI is InChI=1S/C20H34N3O4.C15H22N4O4.C12H25N2O.CH3NO.H2N.Na.Y/c1-19(2,12-27-20(3,4)10-17(22)24)23-18(25)26-11-16-14-7-5-6-13(21)8-9-15(14)16;1-17-8-2-3-13(18-10-20)14(21)19-12-6-4-11(5-7-12)9-23-15(16)22;1-6-8-14(5)9-7-12(15)13-11(4)10(2)3;2-1-3;;;/h14-16H,5,7-12,21H2,1-4H3,(H3,22,23,24,25);4-7,10,13,17H,2-3,8-9H2,1H3,(H2,16,22)(H,18,20)(H,19,21);10-11H,1,6-9H2,2-5H3,(H,13,15);1H,(H2,2,3);1H2;;/q-1;;-1;;-1;+1;/p-1.